The molecule has 2 aromatic carbocycles. The average molecular weight is 334 g/mol. The smallest absolute Gasteiger partial charge is 0.337 e. The van der Waals surface area contributed by atoms with E-state index in [1.165, 1.54) is 12.5 Å². The fraction of sp³-hybridized carbons (Fsp3) is 0.143. The van der Waals surface area contributed by atoms with Crippen molar-refractivity contribution >= 4 is 11.9 Å². The number of carbonyl (C=O) groups excluding carboxylic acids is 2. The van der Waals surface area contributed by atoms with Crippen molar-refractivity contribution in [2.24, 2.45) is 0 Å². The van der Waals surface area contributed by atoms with Gasteiger partial charge in [0.1, 0.15) is 0 Å². The molecule has 1 aliphatic rings. The predicted octanol–water partition coefficient (Wildman–Crippen LogP) is 4.11. The van der Waals surface area contributed by atoms with Gasteiger partial charge in [0.25, 0.3) is 0 Å². The SMILES string of the molecule is CC=COC(=O)C1(C(=O)OC=CC)c2ccccc2-c2ccccc21. The van der Waals surface area contributed by atoms with Gasteiger partial charge in [0.05, 0.1) is 12.5 Å². The molecule has 4 nitrogen and oxygen atoms in total. The highest BCUT2D eigenvalue weighted by Gasteiger charge is 2.57. The summed E-state index contributed by atoms with van der Waals surface area (Å²) in [5, 5.41) is 0. The quantitative estimate of drug-likeness (QED) is 0.480. The minimum Gasteiger partial charge on any atom is -0.433 e. The first-order valence-electron chi connectivity index (χ1n) is 8.01. The lowest BCUT2D eigenvalue weighted by Gasteiger charge is -2.25. The predicted molar refractivity (Wildman–Crippen MR) is 94.5 cm³/mol. The molecule has 0 spiro atoms. The van der Waals surface area contributed by atoms with Crippen molar-refractivity contribution in [3.8, 4) is 11.1 Å². The van der Waals surface area contributed by atoms with Gasteiger partial charge in [-0.3, -0.25) is 0 Å². The van der Waals surface area contributed by atoms with Crippen molar-refractivity contribution in [1.82, 2.24) is 0 Å². The molecule has 3 rings (SSSR count). The topological polar surface area (TPSA) is 52.6 Å². The first-order valence-corrected chi connectivity index (χ1v) is 8.01. The van der Waals surface area contributed by atoms with E-state index in [0.717, 1.165) is 11.1 Å². The molecule has 0 heterocycles. The standard InChI is InChI=1S/C21H18O4/c1-3-13-24-19(22)21(20(23)25-14-4-2)17-11-7-5-9-15(17)16-10-6-8-12-18(16)21/h3-14H,1-2H3. The minimum absolute atomic E-state index is 0.570. The average Bonchev–Trinajstić information content (AvgIpc) is 2.96. The molecule has 1 aliphatic carbocycles. The van der Waals surface area contributed by atoms with Crippen LogP contribution in [0.1, 0.15) is 25.0 Å². The molecule has 0 amide bonds. The summed E-state index contributed by atoms with van der Waals surface area (Å²) < 4.78 is 10.5. The van der Waals surface area contributed by atoms with E-state index in [-0.39, 0.29) is 0 Å². The number of benzene rings is 2. The largest absolute Gasteiger partial charge is 0.433 e. The van der Waals surface area contributed by atoms with Gasteiger partial charge in [-0.1, -0.05) is 60.7 Å². The Balaban J connectivity index is 2.30. The first kappa shape index (κ1) is 16.7. The molecule has 0 atom stereocenters. The summed E-state index contributed by atoms with van der Waals surface area (Å²) >= 11 is 0. The van der Waals surface area contributed by atoms with Gasteiger partial charge in [-0.25, -0.2) is 9.59 Å². The Labute approximate surface area is 146 Å². The third-order valence-corrected chi connectivity index (χ3v) is 4.19. The van der Waals surface area contributed by atoms with Crippen molar-refractivity contribution in [2.75, 3.05) is 0 Å². The highest BCUT2D eigenvalue weighted by Crippen LogP contribution is 2.50. The Hall–Kier alpha value is -3.14. The third-order valence-electron chi connectivity index (χ3n) is 4.19. The van der Waals surface area contributed by atoms with Crippen LogP contribution in [0.5, 0.6) is 0 Å². The lowest BCUT2D eigenvalue weighted by Crippen LogP contribution is -2.44. The molecule has 0 saturated heterocycles. The van der Waals surface area contributed by atoms with Crippen LogP contribution in [0.25, 0.3) is 11.1 Å². The lowest BCUT2D eigenvalue weighted by molar-refractivity contribution is -0.156. The second-order valence-corrected chi connectivity index (χ2v) is 5.59. The molecule has 0 bridgehead atoms. The van der Waals surface area contributed by atoms with Crippen LogP contribution < -0.4 is 0 Å². The van der Waals surface area contributed by atoms with E-state index in [4.69, 9.17) is 9.47 Å². The third kappa shape index (κ3) is 2.47. The first-order chi connectivity index (χ1) is 12.2. The van der Waals surface area contributed by atoms with Crippen LogP contribution in [0, 0.1) is 0 Å². The van der Waals surface area contributed by atoms with Gasteiger partial charge in [-0.2, -0.15) is 0 Å². The molecule has 4 heteroatoms. The van der Waals surface area contributed by atoms with Crippen LogP contribution in [0.2, 0.25) is 0 Å². The van der Waals surface area contributed by atoms with Crippen LogP contribution in [0.3, 0.4) is 0 Å². The number of hydrogen-bond donors (Lipinski definition) is 0. The van der Waals surface area contributed by atoms with Gasteiger partial charge in [-0.05, 0) is 36.1 Å². The number of allylic oxidation sites excluding steroid dienone is 2. The number of rotatable bonds is 4. The zero-order valence-corrected chi connectivity index (χ0v) is 14.1. The zero-order chi connectivity index (χ0) is 17.9. The van der Waals surface area contributed by atoms with Gasteiger partial charge >= 0.3 is 11.9 Å². The van der Waals surface area contributed by atoms with Crippen molar-refractivity contribution in [3.63, 3.8) is 0 Å². The van der Waals surface area contributed by atoms with Crippen molar-refractivity contribution < 1.29 is 19.1 Å². The van der Waals surface area contributed by atoms with E-state index < -0.39 is 17.4 Å². The molecule has 126 valence electrons. The van der Waals surface area contributed by atoms with Gasteiger partial charge in [-0.15, -0.1) is 0 Å². The summed E-state index contributed by atoms with van der Waals surface area (Å²) in [6.45, 7) is 3.46. The van der Waals surface area contributed by atoms with E-state index in [2.05, 4.69) is 0 Å². The van der Waals surface area contributed by atoms with Gasteiger partial charge in [0.2, 0.25) is 5.41 Å². The van der Waals surface area contributed by atoms with Crippen molar-refractivity contribution in [3.05, 3.63) is 84.3 Å². The van der Waals surface area contributed by atoms with Crippen molar-refractivity contribution in [1.29, 1.82) is 0 Å². The maximum absolute atomic E-state index is 13.1. The molecule has 0 aliphatic heterocycles. The Morgan fingerprint density at radius 3 is 1.56 bits per heavy atom. The molecular weight excluding hydrogens is 316 g/mol. The van der Waals surface area contributed by atoms with E-state index in [0.29, 0.717) is 11.1 Å². The summed E-state index contributed by atoms with van der Waals surface area (Å²) in [7, 11) is 0. The van der Waals surface area contributed by atoms with Crippen LogP contribution in [-0.2, 0) is 24.5 Å². The Kier molecular flexibility index (Phi) is 4.52. The Bertz CT molecular complexity index is 803. The monoisotopic (exact) mass is 334 g/mol. The zero-order valence-electron chi connectivity index (χ0n) is 14.1. The summed E-state index contributed by atoms with van der Waals surface area (Å²) in [5.41, 5.74) is 1.15. The fourth-order valence-electron chi connectivity index (χ4n) is 3.19. The van der Waals surface area contributed by atoms with Gasteiger partial charge in [0.15, 0.2) is 0 Å². The molecule has 0 aromatic heterocycles. The summed E-state index contributed by atoms with van der Waals surface area (Å²) in [4.78, 5) is 26.1. The maximum atomic E-state index is 13.1. The fourth-order valence-corrected chi connectivity index (χ4v) is 3.19. The molecule has 0 radical (unpaired) electrons. The van der Waals surface area contributed by atoms with Crippen LogP contribution in [-0.4, -0.2) is 11.9 Å². The second-order valence-electron chi connectivity index (χ2n) is 5.59. The van der Waals surface area contributed by atoms with E-state index >= 15 is 0 Å². The Morgan fingerprint density at radius 1 is 0.760 bits per heavy atom. The number of ether oxygens (including phenoxy) is 2. The molecular formula is C21H18O4. The summed E-state index contributed by atoms with van der Waals surface area (Å²) in [6, 6.07) is 14.7. The lowest BCUT2D eigenvalue weighted by atomic mass is 9.78. The molecule has 0 saturated carbocycles. The normalized spacial score (nSPS) is 14.3. The van der Waals surface area contributed by atoms with Crippen molar-refractivity contribution in [2.45, 2.75) is 19.3 Å². The molecule has 0 fully saturated rings. The number of carbonyl (C=O) groups is 2. The number of fused-ring (bicyclic) bond motifs is 3. The van der Waals surface area contributed by atoms with Crippen LogP contribution >= 0.6 is 0 Å². The van der Waals surface area contributed by atoms with Gasteiger partial charge < -0.3 is 9.47 Å². The number of esters is 2. The van der Waals surface area contributed by atoms with Crippen LogP contribution in [0.4, 0.5) is 0 Å². The summed E-state index contributed by atoms with van der Waals surface area (Å²) in [5.74, 6) is -1.37. The highest BCUT2D eigenvalue weighted by molar-refractivity contribution is 6.15. The Morgan fingerprint density at radius 2 is 1.16 bits per heavy atom. The second kappa shape index (κ2) is 6.77. The van der Waals surface area contributed by atoms with Crippen LogP contribution in [0.15, 0.2) is 73.2 Å². The van der Waals surface area contributed by atoms with E-state index in [9.17, 15) is 9.59 Å². The summed E-state index contributed by atoms with van der Waals surface area (Å²) in [6.07, 6.45) is 5.73. The molecule has 25 heavy (non-hydrogen) atoms. The number of hydrogen-bond acceptors (Lipinski definition) is 4. The maximum Gasteiger partial charge on any atom is 0.337 e. The minimum atomic E-state index is -1.65. The molecule has 0 unspecified atom stereocenters. The molecule has 2 aromatic rings. The molecule has 0 N–H and O–H groups in total. The highest BCUT2D eigenvalue weighted by atomic mass is 16.6. The van der Waals surface area contributed by atoms with E-state index in [1.807, 2.05) is 24.3 Å². The van der Waals surface area contributed by atoms with Gasteiger partial charge in [0, 0.05) is 0 Å². The van der Waals surface area contributed by atoms with E-state index in [1.54, 1.807) is 50.3 Å².